The van der Waals surface area contributed by atoms with Crippen LogP contribution in [0.15, 0.2) is 21.9 Å². The highest BCUT2D eigenvalue weighted by Crippen LogP contribution is 2.41. The number of thioether (sulfide) groups is 1. The van der Waals surface area contributed by atoms with Crippen molar-refractivity contribution in [2.75, 3.05) is 12.4 Å². The average Bonchev–Trinajstić information content (AvgIpc) is 2.80. The minimum absolute atomic E-state index is 0.122. The van der Waals surface area contributed by atoms with E-state index in [-0.39, 0.29) is 12.4 Å². The van der Waals surface area contributed by atoms with Gasteiger partial charge in [0.25, 0.3) is 5.56 Å². The van der Waals surface area contributed by atoms with E-state index in [4.69, 9.17) is 10.5 Å². The molecule has 0 radical (unpaired) electrons. The normalized spacial score (nSPS) is 28.5. The zero-order valence-electron chi connectivity index (χ0n) is 11.9. The number of aromatic amines is 1. The Morgan fingerprint density at radius 2 is 2.17 bits per heavy atom. The number of esters is 1. The lowest BCUT2D eigenvalue weighted by Gasteiger charge is -2.17. The van der Waals surface area contributed by atoms with Gasteiger partial charge in [0.2, 0.25) is 0 Å². The van der Waals surface area contributed by atoms with E-state index in [1.807, 2.05) is 0 Å². The minimum atomic E-state index is -1.26. The monoisotopic (exact) mass is 363 g/mol. The highest BCUT2D eigenvalue weighted by molar-refractivity contribution is 8.00. The smallest absolute Gasteiger partial charge is 0.329 e. The molecule has 0 spiro atoms. The molecule has 2 rings (SSSR count). The molecule has 5 N–H and O–H groups in total. The number of aromatic nitrogens is 2. The Morgan fingerprint density at radius 1 is 1.48 bits per heavy atom. The molecule has 1 fully saturated rings. The molecule has 9 nitrogen and oxygen atoms in total. The van der Waals surface area contributed by atoms with Gasteiger partial charge >= 0.3 is 11.7 Å². The van der Waals surface area contributed by atoms with Gasteiger partial charge in [-0.25, -0.2) is 4.79 Å². The first kappa shape index (κ1) is 18.1. The Balaban J connectivity index is 2.07. The SMILES string of the molecule is N[C@@H](CS)C(=O)OC[C@H]1S[C@@H](n2ccc(=O)[nH]c2=O)C(O)C1O. The third kappa shape index (κ3) is 3.98. The van der Waals surface area contributed by atoms with Crippen LogP contribution in [-0.4, -0.2) is 61.6 Å². The number of aliphatic hydroxyl groups excluding tert-OH is 2. The molecule has 0 aliphatic carbocycles. The Hall–Kier alpha value is -1.27. The molecule has 2 heterocycles. The fourth-order valence-electron chi connectivity index (χ4n) is 2.07. The van der Waals surface area contributed by atoms with Gasteiger partial charge in [-0.1, -0.05) is 0 Å². The number of carbonyl (C=O) groups is 1. The summed E-state index contributed by atoms with van der Waals surface area (Å²) < 4.78 is 6.09. The molecule has 2 unspecified atom stereocenters. The second-order valence-corrected chi connectivity index (χ2v) is 6.71. The molecule has 0 aromatic carbocycles. The molecule has 1 saturated heterocycles. The second-order valence-electron chi connectivity index (χ2n) is 4.98. The Bertz CT molecular complexity index is 677. The van der Waals surface area contributed by atoms with Crippen molar-refractivity contribution in [1.82, 2.24) is 9.55 Å². The maximum absolute atomic E-state index is 11.8. The van der Waals surface area contributed by atoms with Crippen molar-refractivity contribution in [2.45, 2.75) is 28.9 Å². The third-order valence-corrected chi connectivity index (χ3v) is 5.29. The van der Waals surface area contributed by atoms with Crippen LogP contribution < -0.4 is 17.0 Å². The first-order valence-corrected chi connectivity index (χ1v) is 8.28. The molecule has 128 valence electrons. The number of ether oxygens (including phenoxy) is 1. The van der Waals surface area contributed by atoms with E-state index in [9.17, 15) is 24.6 Å². The van der Waals surface area contributed by atoms with Gasteiger partial charge < -0.3 is 20.7 Å². The average molecular weight is 363 g/mol. The van der Waals surface area contributed by atoms with Crippen LogP contribution in [0.4, 0.5) is 0 Å². The van der Waals surface area contributed by atoms with Crippen molar-refractivity contribution in [1.29, 1.82) is 0 Å². The van der Waals surface area contributed by atoms with Crippen molar-refractivity contribution >= 4 is 30.4 Å². The molecule has 0 amide bonds. The fourth-order valence-corrected chi connectivity index (χ4v) is 3.67. The molecule has 1 aromatic heterocycles. The van der Waals surface area contributed by atoms with Gasteiger partial charge in [-0.15, -0.1) is 11.8 Å². The molecular weight excluding hydrogens is 346 g/mol. The van der Waals surface area contributed by atoms with Crippen LogP contribution in [-0.2, 0) is 9.53 Å². The van der Waals surface area contributed by atoms with Crippen molar-refractivity contribution < 1.29 is 19.7 Å². The molecule has 0 bridgehead atoms. The number of aliphatic hydroxyl groups is 2. The van der Waals surface area contributed by atoms with Gasteiger partial charge in [0.1, 0.15) is 24.1 Å². The van der Waals surface area contributed by atoms with Gasteiger partial charge in [0.15, 0.2) is 0 Å². The zero-order valence-corrected chi connectivity index (χ0v) is 13.6. The van der Waals surface area contributed by atoms with Crippen molar-refractivity contribution in [3.63, 3.8) is 0 Å². The number of carbonyl (C=O) groups excluding carboxylic acids is 1. The van der Waals surface area contributed by atoms with Gasteiger partial charge in [0, 0.05) is 18.0 Å². The molecule has 1 aliphatic heterocycles. The number of nitrogens with zero attached hydrogens (tertiary/aromatic N) is 1. The van der Waals surface area contributed by atoms with Crippen LogP contribution in [0.2, 0.25) is 0 Å². The zero-order chi connectivity index (χ0) is 17.1. The van der Waals surface area contributed by atoms with Gasteiger partial charge in [-0.2, -0.15) is 12.6 Å². The highest BCUT2D eigenvalue weighted by Gasteiger charge is 2.44. The number of nitrogens with two attached hydrogens (primary N) is 1. The van der Waals surface area contributed by atoms with Gasteiger partial charge in [0.05, 0.1) is 11.4 Å². The number of thiol groups is 1. The summed E-state index contributed by atoms with van der Waals surface area (Å²) in [6, 6.07) is 0.268. The van der Waals surface area contributed by atoms with Crippen LogP contribution >= 0.6 is 24.4 Å². The summed E-state index contributed by atoms with van der Waals surface area (Å²) in [6.45, 7) is -0.169. The van der Waals surface area contributed by atoms with Gasteiger partial charge in [-0.05, 0) is 0 Å². The van der Waals surface area contributed by atoms with Crippen LogP contribution in [0.1, 0.15) is 5.37 Å². The predicted molar refractivity (Wildman–Crippen MR) is 86.5 cm³/mol. The maximum atomic E-state index is 11.8. The van der Waals surface area contributed by atoms with E-state index in [1.54, 1.807) is 0 Å². The molecular formula is C12H17N3O6S2. The Labute approximate surface area is 140 Å². The minimum Gasteiger partial charge on any atom is -0.463 e. The quantitative estimate of drug-likeness (QED) is 0.289. The topological polar surface area (TPSA) is 148 Å². The lowest BCUT2D eigenvalue weighted by Crippen LogP contribution is -2.39. The number of rotatable bonds is 5. The first-order chi connectivity index (χ1) is 10.8. The molecule has 11 heteroatoms. The van der Waals surface area contributed by atoms with Gasteiger partial charge in [-0.3, -0.25) is 19.1 Å². The summed E-state index contributed by atoms with van der Waals surface area (Å²) >= 11 is 4.95. The van der Waals surface area contributed by atoms with Crippen LogP contribution in [0.5, 0.6) is 0 Å². The summed E-state index contributed by atoms with van der Waals surface area (Å²) in [5.74, 6) is -0.538. The van der Waals surface area contributed by atoms with Crippen LogP contribution in [0.3, 0.4) is 0 Å². The summed E-state index contributed by atoms with van der Waals surface area (Å²) in [4.78, 5) is 36.4. The summed E-state index contributed by atoms with van der Waals surface area (Å²) in [5, 5.41) is 18.7. The molecule has 1 aliphatic rings. The van der Waals surface area contributed by atoms with E-state index in [0.29, 0.717) is 0 Å². The van der Waals surface area contributed by atoms with Crippen molar-refractivity contribution in [2.24, 2.45) is 5.73 Å². The predicted octanol–water partition coefficient (Wildman–Crippen LogP) is -2.33. The maximum Gasteiger partial charge on any atom is 0.329 e. The third-order valence-electron chi connectivity index (χ3n) is 3.35. The molecule has 1 aromatic rings. The standard InChI is InChI=1S/C12H17N3O6S2/c13-5(4-22)11(19)21-3-6-8(17)9(18)10(23-6)15-2-1-7(16)14-12(15)20/h1-2,5-6,8-10,17-18,22H,3-4,13H2,(H,14,16,20)/t5-,6+,8?,9?,10+/m0/s1. The second kappa shape index (κ2) is 7.53. The van der Waals surface area contributed by atoms with E-state index < -0.39 is 46.1 Å². The summed E-state index contributed by atoms with van der Waals surface area (Å²) in [7, 11) is 0. The number of hydrogen-bond donors (Lipinski definition) is 5. The summed E-state index contributed by atoms with van der Waals surface area (Å²) in [5.41, 5.74) is 4.21. The van der Waals surface area contributed by atoms with Crippen molar-refractivity contribution in [3.05, 3.63) is 33.1 Å². The van der Waals surface area contributed by atoms with Crippen molar-refractivity contribution in [3.8, 4) is 0 Å². The lowest BCUT2D eigenvalue weighted by molar-refractivity contribution is -0.145. The molecule has 23 heavy (non-hydrogen) atoms. The molecule has 0 saturated carbocycles. The fraction of sp³-hybridized carbons (Fsp3) is 0.583. The van der Waals surface area contributed by atoms with Crippen LogP contribution in [0.25, 0.3) is 0 Å². The first-order valence-electron chi connectivity index (χ1n) is 6.71. The number of hydrogen-bond acceptors (Lipinski definition) is 9. The van der Waals surface area contributed by atoms with E-state index in [1.165, 1.54) is 6.20 Å². The number of nitrogens with one attached hydrogen (secondary N) is 1. The molecule has 5 atom stereocenters. The lowest BCUT2D eigenvalue weighted by atomic mass is 10.1. The van der Waals surface area contributed by atoms with E-state index >= 15 is 0 Å². The Kier molecular flexibility index (Phi) is 5.92. The highest BCUT2D eigenvalue weighted by atomic mass is 32.2. The number of H-pyrrole nitrogens is 1. The Morgan fingerprint density at radius 3 is 2.78 bits per heavy atom. The summed E-state index contributed by atoms with van der Waals surface area (Å²) in [6.07, 6.45) is -1.23. The van der Waals surface area contributed by atoms with Crippen LogP contribution in [0, 0.1) is 0 Å². The van der Waals surface area contributed by atoms with E-state index in [2.05, 4.69) is 17.6 Å². The van der Waals surface area contributed by atoms with E-state index in [0.717, 1.165) is 22.4 Å². The largest absolute Gasteiger partial charge is 0.463 e.